The van der Waals surface area contributed by atoms with E-state index in [1.54, 1.807) is 0 Å². The van der Waals surface area contributed by atoms with Gasteiger partial charge in [0.15, 0.2) is 0 Å². The highest BCUT2D eigenvalue weighted by atomic mass is 16.1. The number of aromatic nitrogens is 2. The van der Waals surface area contributed by atoms with Gasteiger partial charge >= 0.3 is 0 Å². The first-order valence-electron chi connectivity index (χ1n) is 7.13. The molecule has 0 spiro atoms. The molecule has 1 heterocycles. The summed E-state index contributed by atoms with van der Waals surface area (Å²) in [6.45, 7) is 1.82. The van der Waals surface area contributed by atoms with Crippen LogP contribution in [0, 0.1) is 0 Å². The minimum atomic E-state index is -0.0197. The summed E-state index contributed by atoms with van der Waals surface area (Å²) in [5.41, 5.74) is 2.51. The molecule has 0 unspecified atom stereocenters. The lowest BCUT2D eigenvalue weighted by atomic mass is 10.2. The summed E-state index contributed by atoms with van der Waals surface area (Å²) in [6.07, 6.45) is 1.97. The largest absolute Gasteiger partial charge is 0.340 e. The maximum absolute atomic E-state index is 11.5. The molecular formula is C17H16N4O. The van der Waals surface area contributed by atoms with Gasteiger partial charge in [-0.05, 0) is 30.3 Å². The number of para-hydroxylation sites is 1. The van der Waals surface area contributed by atoms with Gasteiger partial charge in [0.2, 0.25) is 5.91 Å². The number of hydrogen-bond donors (Lipinski definition) is 2. The molecule has 0 bridgehead atoms. The van der Waals surface area contributed by atoms with Crippen LogP contribution in [0.3, 0.4) is 0 Å². The van der Waals surface area contributed by atoms with Gasteiger partial charge in [0.1, 0.15) is 12.1 Å². The van der Waals surface area contributed by atoms with Gasteiger partial charge < -0.3 is 10.6 Å². The van der Waals surface area contributed by atoms with Crippen molar-refractivity contribution in [1.82, 2.24) is 9.97 Å². The van der Waals surface area contributed by atoms with Gasteiger partial charge in [-0.25, -0.2) is 9.97 Å². The zero-order valence-corrected chi connectivity index (χ0v) is 12.2. The number of rotatable bonds is 4. The highest BCUT2D eigenvalue weighted by Crippen LogP contribution is 2.25. The summed E-state index contributed by atoms with van der Waals surface area (Å²) < 4.78 is 0. The van der Waals surface area contributed by atoms with Crippen LogP contribution in [0.1, 0.15) is 13.3 Å². The fourth-order valence-electron chi connectivity index (χ4n) is 2.14. The molecule has 3 rings (SSSR count). The Morgan fingerprint density at radius 3 is 2.64 bits per heavy atom. The van der Waals surface area contributed by atoms with E-state index in [1.165, 1.54) is 6.33 Å². The smallest absolute Gasteiger partial charge is 0.224 e. The van der Waals surface area contributed by atoms with Crippen molar-refractivity contribution in [3.8, 4) is 0 Å². The van der Waals surface area contributed by atoms with Crippen molar-refractivity contribution in [2.75, 3.05) is 10.6 Å². The molecule has 0 fully saturated rings. The number of carbonyl (C=O) groups excluding carboxylic acids is 1. The normalized spacial score (nSPS) is 10.4. The fraction of sp³-hybridized carbons (Fsp3) is 0.118. The molecule has 0 radical (unpaired) electrons. The quantitative estimate of drug-likeness (QED) is 0.769. The second kappa shape index (κ2) is 6.22. The van der Waals surface area contributed by atoms with Crippen LogP contribution in [0.5, 0.6) is 0 Å². The SMILES string of the molecule is CCC(=O)Nc1ccc2ncnc(Nc3ccccc3)c2c1. The lowest BCUT2D eigenvalue weighted by Gasteiger charge is -2.10. The molecule has 22 heavy (non-hydrogen) atoms. The van der Waals surface area contributed by atoms with Crippen LogP contribution in [0.2, 0.25) is 0 Å². The summed E-state index contributed by atoms with van der Waals surface area (Å²) >= 11 is 0. The molecule has 1 amide bonds. The zero-order valence-electron chi connectivity index (χ0n) is 12.2. The summed E-state index contributed by atoms with van der Waals surface area (Å²) in [5, 5.41) is 6.99. The van der Waals surface area contributed by atoms with E-state index in [0.29, 0.717) is 12.2 Å². The van der Waals surface area contributed by atoms with Gasteiger partial charge in [0, 0.05) is 23.2 Å². The molecule has 0 aliphatic rings. The van der Waals surface area contributed by atoms with Gasteiger partial charge in [0.05, 0.1) is 5.52 Å². The average molecular weight is 292 g/mol. The van der Waals surface area contributed by atoms with Crippen LogP contribution in [0.25, 0.3) is 10.9 Å². The lowest BCUT2D eigenvalue weighted by molar-refractivity contribution is -0.115. The van der Waals surface area contributed by atoms with E-state index in [9.17, 15) is 4.79 Å². The predicted molar refractivity (Wildman–Crippen MR) is 88.2 cm³/mol. The molecule has 2 aromatic carbocycles. The second-order valence-corrected chi connectivity index (χ2v) is 4.85. The number of benzene rings is 2. The van der Waals surface area contributed by atoms with Crippen LogP contribution in [-0.4, -0.2) is 15.9 Å². The Hall–Kier alpha value is -2.95. The van der Waals surface area contributed by atoms with E-state index >= 15 is 0 Å². The van der Waals surface area contributed by atoms with Crippen molar-refractivity contribution in [3.63, 3.8) is 0 Å². The van der Waals surface area contributed by atoms with E-state index in [4.69, 9.17) is 0 Å². The highest BCUT2D eigenvalue weighted by molar-refractivity contribution is 5.97. The molecule has 3 aromatic rings. The van der Waals surface area contributed by atoms with Crippen molar-refractivity contribution in [1.29, 1.82) is 0 Å². The molecule has 5 nitrogen and oxygen atoms in total. The highest BCUT2D eigenvalue weighted by Gasteiger charge is 2.06. The Balaban J connectivity index is 1.98. The molecule has 110 valence electrons. The fourth-order valence-corrected chi connectivity index (χ4v) is 2.14. The first-order chi connectivity index (χ1) is 10.8. The monoisotopic (exact) mass is 292 g/mol. The van der Waals surface area contributed by atoms with Crippen molar-refractivity contribution in [2.45, 2.75) is 13.3 Å². The van der Waals surface area contributed by atoms with Gasteiger partial charge in [0.25, 0.3) is 0 Å². The van der Waals surface area contributed by atoms with Crippen LogP contribution >= 0.6 is 0 Å². The first-order valence-corrected chi connectivity index (χ1v) is 7.13. The van der Waals surface area contributed by atoms with Crippen LogP contribution in [0.4, 0.5) is 17.2 Å². The zero-order chi connectivity index (χ0) is 15.4. The van der Waals surface area contributed by atoms with Crippen LogP contribution in [-0.2, 0) is 4.79 Å². The number of anilines is 3. The van der Waals surface area contributed by atoms with E-state index in [1.807, 2.05) is 55.5 Å². The Labute approximate surface area is 128 Å². The number of hydrogen-bond acceptors (Lipinski definition) is 4. The van der Waals surface area contributed by atoms with Gasteiger partial charge in [-0.15, -0.1) is 0 Å². The Morgan fingerprint density at radius 1 is 1.05 bits per heavy atom. The molecule has 2 N–H and O–H groups in total. The molecule has 5 heteroatoms. The van der Waals surface area contributed by atoms with Gasteiger partial charge in [-0.2, -0.15) is 0 Å². The molecule has 1 aromatic heterocycles. The third-order valence-corrected chi connectivity index (χ3v) is 3.28. The number of fused-ring (bicyclic) bond motifs is 1. The van der Waals surface area contributed by atoms with E-state index < -0.39 is 0 Å². The third kappa shape index (κ3) is 3.03. The standard InChI is InChI=1S/C17H16N4O/c1-2-16(22)20-13-8-9-15-14(10-13)17(19-11-18-15)21-12-6-4-3-5-7-12/h3-11H,2H2,1H3,(H,20,22)(H,18,19,21). The summed E-state index contributed by atoms with van der Waals surface area (Å²) in [4.78, 5) is 20.1. The number of amides is 1. The van der Waals surface area contributed by atoms with Crippen molar-refractivity contribution >= 4 is 34.0 Å². The van der Waals surface area contributed by atoms with Crippen molar-refractivity contribution in [3.05, 3.63) is 54.9 Å². The molecule has 0 aliphatic carbocycles. The van der Waals surface area contributed by atoms with E-state index in [-0.39, 0.29) is 5.91 Å². The maximum Gasteiger partial charge on any atom is 0.224 e. The first kappa shape index (κ1) is 14.0. The molecule has 0 atom stereocenters. The average Bonchev–Trinajstić information content (AvgIpc) is 2.56. The van der Waals surface area contributed by atoms with Crippen molar-refractivity contribution < 1.29 is 4.79 Å². The molecule has 0 saturated carbocycles. The molecule has 0 aliphatic heterocycles. The summed E-state index contributed by atoms with van der Waals surface area (Å²) in [7, 11) is 0. The third-order valence-electron chi connectivity index (χ3n) is 3.28. The summed E-state index contributed by atoms with van der Waals surface area (Å²) in [5.74, 6) is 0.692. The molecular weight excluding hydrogens is 276 g/mol. The van der Waals surface area contributed by atoms with Crippen molar-refractivity contribution in [2.24, 2.45) is 0 Å². The van der Waals surface area contributed by atoms with Crippen LogP contribution < -0.4 is 10.6 Å². The predicted octanol–water partition coefficient (Wildman–Crippen LogP) is 3.72. The van der Waals surface area contributed by atoms with E-state index in [0.717, 1.165) is 22.3 Å². The minimum absolute atomic E-state index is 0.0197. The number of carbonyl (C=O) groups is 1. The number of nitrogens with zero attached hydrogens (tertiary/aromatic N) is 2. The Bertz CT molecular complexity index is 802. The van der Waals surface area contributed by atoms with Gasteiger partial charge in [-0.3, -0.25) is 4.79 Å². The Kier molecular flexibility index (Phi) is 3.96. The molecule has 0 saturated heterocycles. The second-order valence-electron chi connectivity index (χ2n) is 4.85. The van der Waals surface area contributed by atoms with Crippen LogP contribution in [0.15, 0.2) is 54.9 Å². The summed E-state index contributed by atoms with van der Waals surface area (Å²) in [6, 6.07) is 15.4. The van der Waals surface area contributed by atoms with E-state index in [2.05, 4.69) is 20.6 Å². The minimum Gasteiger partial charge on any atom is -0.340 e. The van der Waals surface area contributed by atoms with Gasteiger partial charge in [-0.1, -0.05) is 25.1 Å². The lowest BCUT2D eigenvalue weighted by Crippen LogP contribution is -2.09. The number of nitrogens with one attached hydrogen (secondary N) is 2. The maximum atomic E-state index is 11.5. The topological polar surface area (TPSA) is 66.9 Å². The Morgan fingerprint density at radius 2 is 1.86 bits per heavy atom.